The number of nitrogens with zero attached hydrogens (tertiary/aromatic N) is 3. The van der Waals surface area contributed by atoms with Crippen LogP contribution >= 0.6 is 11.6 Å². The lowest BCUT2D eigenvalue weighted by Gasteiger charge is -2.32. The first kappa shape index (κ1) is 20.3. The number of hydrogen-bond donors (Lipinski definition) is 2. The number of anilines is 1. The molecule has 0 spiro atoms. The second kappa shape index (κ2) is 7.70. The number of primary amides is 1. The van der Waals surface area contributed by atoms with Crippen LogP contribution < -0.4 is 16.6 Å². The molecule has 0 aliphatic carbocycles. The van der Waals surface area contributed by atoms with Gasteiger partial charge in [-0.2, -0.15) is 5.10 Å². The number of carbonyl (C=O) groups excluding carboxylic acids is 1. The van der Waals surface area contributed by atoms with E-state index < -0.39 is 17.0 Å². The van der Waals surface area contributed by atoms with E-state index in [2.05, 4.69) is 15.4 Å². The van der Waals surface area contributed by atoms with Crippen LogP contribution in [0.2, 0.25) is 5.02 Å². The monoisotopic (exact) mass is 427 g/mol. The normalized spacial score (nSPS) is 18.6. The second-order valence-corrected chi connectivity index (χ2v) is 7.94. The van der Waals surface area contributed by atoms with Gasteiger partial charge in [0.2, 0.25) is 5.91 Å². The van der Waals surface area contributed by atoms with Crippen molar-refractivity contribution in [2.75, 3.05) is 18.5 Å². The maximum absolute atomic E-state index is 12.8. The standard InChI is InChI=1S/C21H22ClN5O3/c1-12-15(4-3-5-16(12)22)21(8-9-30-11-21)25-18-7-6-14-13(2)26-27(10-17(23)28)20(29)19(14)24-18/h3-7H,8-11H2,1-2H3,(H2,23,28)(H,24,25). The van der Waals surface area contributed by atoms with Crippen molar-refractivity contribution in [3.8, 4) is 0 Å². The number of carbonyl (C=O) groups is 1. The largest absolute Gasteiger partial charge is 0.379 e. The van der Waals surface area contributed by atoms with Gasteiger partial charge in [-0.1, -0.05) is 23.7 Å². The number of ether oxygens (including phenoxy) is 1. The zero-order chi connectivity index (χ0) is 21.5. The third-order valence-corrected chi connectivity index (χ3v) is 5.88. The molecule has 1 aliphatic heterocycles. The predicted molar refractivity (Wildman–Crippen MR) is 115 cm³/mol. The van der Waals surface area contributed by atoms with Crippen LogP contribution in [0.4, 0.5) is 5.82 Å². The molecular formula is C21H22ClN5O3. The third-order valence-electron chi connectivity index (χ3n) is 5.47. The Labute approximate surface area is 178 Å². The molecular weight excluding hydrogens is 406 g/mol. The van der Waals surface area contributed by atoms with Gasteiger partial charge in [-0.25, -0.2) is 9.67 Å². The molecule has 0 bridgehead atoms. The third kappa shape index (κ3) is 3.53. The lowest BCUT2D eigenvalue weighted by molar-refractivity contribution is -0.118. The van der Waals surface area contributed by atoms with Crippen molar-refractivity contribution in [2.24, 2.45) is 5.73 Å². The highest BCUT2D eigenvalue weighted by Gasteiger charge is 2.38. The van der Waals surface area contributed by atoms with E-state index in [9.17, 15) is 9.59 Å². The summed E-state index contributed by atoms with van der Waals surface area (Å²) in [5, 5.41) is 8.96. The van der Waals surface area contributed by atoms with Gasteiger partial charge in [-0.15, -0.1) is 0 Å². The number of benzene rings is 1. The van der Waals surface area contributed by atoms with E-state index in [1.54, 1.807) is 13.0 Å². The maximum Gasteiger partial charge on any atom is 0.293 e. The molecule has 0 saturated carbocycles. The van der Waals surface area contributed by atoms with Gasteiger partial charge in [0.05, 0.1) is 17.8 Å². The fourth-order valence-electron chi connectivity index (χ4n) is 3.96. The van der Waals surface area contributed by atoms with Crippen LogP contribution in [0.3, 0.4) is 0 Å². The van der Waals surface area contributed by atoms with Gasteiger partial charge in [0.25, 0.3) is 5.56 Å². The molecule has 30 heavy (non-hydrogen) atoms. The van der Waals surface area contributed by atoms with E-state index in [0.717, 1.165) is 22.2 Å². The zero-order valence-electron chi connectivity index (χ0n) is 16.7. The fraction of sp³-hybridized carbons (Fsp3) is 0.333. The number of nitrogens with one attached hydrogen (secondary N) is 1. The van der Waals surface area contributed by atoms with Crippen molar-refractivity contribution < 1.29 is 9.53 Å². The molecule has 3 N–H and O–H groups in total. The minimum absolute atomic E-state index is 0.227. The average molecular weight is 428 g/mol. The van der Waals surface area contributed by atoms with E-state index in [-0.39, 0.29) is 12.1 Å². The highest BCUT2D eigenvalue weighted by Crippen LogP contribution is 2.37. The molecule has 2 aromatic heterocycles. The van der Waals surface area contributed by atoms with Crippen LogP contribution in [-0.2, 0) is 21.6 Å². The van der Waals surface area contributed by atoms with Crippen LogP contribution in [0.15, 0.2) is 35.1 Å². The van der Waals surface area contributed by atoms with Gasteiger partial charge in [0, 0.05) is 23.4 Å². The van der Waals surface area contributed by atoms with Crippen molar-refractivity contribution in [1.29, 1.82) is 0 Å². The fourth-order valence-corrected chi connectivity index (χ4v) is 4.13. The zero-order valence-corrected chi connectivity index (χ0v) is 17.5. The van der Waals surface area contributed by atoms with Crippen molar-refractivity contribution in [1.82, 2.24) is 14.8 Å². The summed E-state index contributed by atoms with van der Waals surface area (Å²) in [7, 11) is 0. The molecule has 1 unspecified atom stereocenters. The second-order valence-electron chi connectivity index (χ2n) is 7.53. The first-order valence-electron chi connectivity index (χ1n) is 9.59. The molecule has 1 amide bonds. The van der Waals surface area contributed by atoms with Crippen LogP contribution in [0.25, 0.3) is 10.9 Å². The smallest absolute Gasteiger partial charge is 0.293 e. The van der Waals surface area contributed by atoms with E-state index in [1.165, 1.54) is 0 Å². The molecule has 1 aromatic carbocycles. The summed E-state index contributed by atoms with van der Waals surface area (Å²) in [6, 6.07) is 9.41. The Morgan fingerprint density at radius 1 is 1.33 bits per heavy atom. The Kier molecular flexibility index (Phi) is 5.21. The Hall–Kier alpha value is -2.97. The van der Waals surface area contributed by atoms with Gasteiger partial charge < -0.3 is 15.8 Å². The Morgan fingerprint density at radius 2 is 2.13 bits per heavy atom. The molecule has 4 rings (SSSR count). The molecule has 1 fully saturated rings. The van der Waals surface area contributed by atoms with Crippen molar-refractivity contribution in [2.45, 2.75) is 32.4 Å². The molecule has 1 aliphatic rings. The molecule has 0 radical (unpaired) electrons. The quantitative estimate of drug-likeness (QED) is 0.646. The molecule has 1 saturated heterocycles. The van der Waals surface area contributed by atoms with Crippen LogP contribution in [-0.4, -0.2) is 33.9 Å². The number of amides is 1. The van der Waals surface area contributed by atoms with Crippen LogP contribution in [0.5, 0.6) is 0 Å². The first-order valence-corrected chi connectivity index (χ1v) is 9.97. The minimum atomic E-state index is -0.642. The molecule has 3 heterocycles. The number of hydrogen-bond acceptors (Lipinski definition) is 6. The average Bonchev–Trinajstić information content (AvgIpc) is 3.17. The summed E-state index contributed by atoms with van der Waals surface area (Å²) in [6.07, 6.45) is 0.731. The first-order chi connectivity index (χ1) is 14.3. The lowest BCUT2D eigenvalue weighted by Crippen LogP contribution is -2.37. The molecule has 1 atom stereocenters. The molecule has 8 nitrogen and oxygen atoms in total. The number of fused-ring (bicyclic) bond motifs is 1. The summed E-state index contributed by atoms with van der Waals surface area (Å²) in [5.74, 6) is -0.114. The van der Waals surface area contributed by atoms with Crippen LogP contribution in [0.1, 0.15) is 23.2 Å². The SMILES string of the molecule is Cc1c(Cl)cccc1C1(Nc2ccc3c(C)nn(CC(N)=O)c(=O)c3n2)CCOC1. The molecule has 9 heteroatoms. The van der Waals surface area contributed by atoms with Gasteiger partial charge in [-0.05, 0) is 43.2 Å². The van der Waals surface area contributed by atoms with Gasteiger partial charge in [0.15, 0.2) is 0 Å². The number of pyridine rings is 1. The summed E-state index contributed by atoms with van der Waals surface area (Å²) in [4.78, 5) is 28.7. The minimum Gasteiger partial charge on any atom is -0.379 e. The highest BCUT2D eigenvalue weighted by atomic mass is 35.5. The van der Waals surface area contributed by atoms with E-state index in [0.29, 0.717) is 35.1 Å². The number of aryl methyl sites for hydroxylation is 1. The molecule has 156 valence electrons. The van der Waals surface area contributed by atoms with Crippen molar-refractivity contribution in [3.05, 3.63) is 62.5 Å². The van der Waals surface area contributed by atoms with Gasteiger partial charge >= 0.3 is 0 Å². The van der Waals surface area contributed by atoms with Gasteiger partial charge in [0.1, 0.15) is 17.9 Å². The van der Waals surface area contributed by atoms with Crippen molar-refractivity contribution in [3.63, 3.8) is 0 Å². The van der Waals surface area contributed by atoms with Gasteiger partial charge in [-0.3, -0.25) is 9.59 Å². The predicted octanol–water partition coefficient (Wildman–Crippen LogP) is 2.27. The summed E-state index contributed by atoms with van der Waals surface area (Å²) >= 11 is 6.36. The highest BCUT2D eigenvalue weighted by molar-refractivity contribution is 6.31. The van der Waals surface area contributed by atoms with Crippen molar-refractivity contribution >= 4 is 34.2 Å². The summed E-state index contributed by atoms with van der Waals surface area (Å²) in [6.45, 7) is 4.49. The van der Waals surface area contributed by atoms with E-state index >= 15 is 0 Å². The maximum atomic E-state index is 12.8. The number of nitrogens with two attached hydrogens (primary N) is 1. The Morgan fingerprint density at radius 3 is 2.83 bits per heavy atom. The number of aromatic nitrogens is 3. The summed E-state index contributed by atoms with van der Waals surface area (Å²) < 4.78 is 6.76. The molecule has 3 aromatic rings. The lowest BCUT2D eigenvalue weighted by atomic mass is 9.86. The number of rotatable bonds is 5. The van der Waals surface area contributed by atoms with E-state index in [4.69, 9.17) is 22.1 Å². The van der Waals surface area contributed by atoms with Crippen LogP contribution in [0, 0.1) is 13.8 Å². The Balaban J connectivity index is 1.80. The topological polar surface area (TPSA) is 112 Å². The summed E-state index contributed by atoms with van der Waals surface area (Å²) in [5.41, 5.74) is 7.09. The Bertz CT molecular complexity index is 1200. The van der Waals surface area contributed by atoms with E-state index in [1.807, 2.05) is 31.2 Å². The number of halogens is 1.